The number of furan rings is 1. The van der Waals surface area contributed by atoms with Gasteiger partial charge in [0.15, 0.2) is 16.6 Å². The van der Waals surface area contributed by atoms with Crippen molar-refractivity contribution in [2.45, 2.75) is 46.5 Å². The van der Waals surface area contributed by atoms with Crippen molar-refractivity contribution in [1.82, 2.24) is 4.57 Å². The quantitative estimate of drug-likeness (QED) is 0.133. The van der Waals surface area contributed by atoms with Crippen LogP contribution in [0.4, 0.5) is 0 Å². The van der Waals surface area contributed by atoms with Crippen LogP contribution in [-0.4, -0.2) is 4.57 Å². The molecule has 0 atom stereocenters. The van der Waals surface area contributed by atoms with Gasteiger partial charge in [0.25, 0.3) is 5.82 Å². The summed E-state index contributed by atoms with van der Waals surface area (Å²) in [5.41, 5.74) is 22.6. The van der Waals surface area contributed by atoms with Gasteiger partial charge in [-0.2, -0.15) is 4.57 Å². The van der Waals surface area contributed by atoms with E-state index in [0.717, 1.165) is 33.3 Å². The molecule has 0 N–H and O–H groups in total. The molecule has 0 radical (unpaired) electrons. The highest BCUT2D eigenvalue weighted by molar-refractivity contribution is 6.10. The van der Waals surface area contributed by atoms with Gasteiger partial charge >= 0.3 is 0 Å². The van der Waals surface area contributed by atoms with Crippen LogP contribution in [0.2, 0.25) is 0 Å². The van der Waals surface area contributed by atoms with Crippen LogP contribution in [0.25, 0.3) is 106 Å². The van der Waals surface area contributed by atoms with Gasteiger partial charge in [-0.1, -0.05) is 198 Å². The first-order valence-corrected chi connectivity index (χ1v) is 23.3. The van der Waals surface area contributed by atoms with Crippen molar-refractivity contribution < 1.29 is 8.98 Å². The summed E-state index contributed by atoms with van der Waals surface area (Å²) < 4.78 is 11.7. The monoisotopic (exact) mass is 853 g/mol. The normalized spacial score (nSPS) is 11.8. The Hall–Kier alpha value is -7.75. The molecule has 0 amide bonds. The van der Waals surface area contributed by atoms with E-state index in [-0.39, 0.29) is 11.8 Å². The molecule has 3 heteroatoms. The second-order valence-corrected chi connectivity index (χ2v) is 18.4. The number of rotatable bonds is 9. The lowest BCUT2D eigenvalue weighted by Gasteiger charge is -2.21. The lowest BCUT2D eigenvalue weighted by Crippen LogP contribution is -2.30. The van der Waals surface area contributed by atoms with E-state index in [0.29, 0.717) is 0 Å². The van der Waals surface area contributed by atoms with Crippen molar-refractivity contribution in [1.29, 1.82) is 0 Å². The molecule has 0 spiro atoms. The topological polar surface area (TPSA) is 21.9 Å². The van der Waals surface area contributed by atoms with Crippen LogP contribution in [0.15, 0.2) is 205 Å². The van der Waals surface area contributed by atoms with E-state index in [9.17, 15) is 0 Å². The zero-order valence-corrected chi connectivity index (χ0v) is 38.5. The van der Waals surface area contributed by atoms with Gasteiger partial charge in [0, 0.05) is 21.9 Å². The Kier molecular flexibility index (Phi) is 10.4. The summed E-state index contributed by atoms with van der Waals surface area (Å²) in [4.78, 5) is 0. The van der Waals surface area contributed by atoms with Gasteiger partial charge < -0.3 is 4.42 Å². The van der Waals surface area contributed by atoms with E-state index < -0.39 is 0 Å². The molecule has 9 aromatic carbocycles. The smallest absolute Gasteiger partial charge is 0.299 e. The molecule has 0 aliphatic heterocycles. The highest BCUT2D eigenvalue weighted by Crippen LogP contribution is 2.43. The Morgan fingerprint density at radius 3 is 1.35 bits per heavy atom. The average Bonchev–Trinajstić information content (AvgIpc) is 3.88. The number of hydrogen-bond acceptors (Lipinski definition) is 1. The molecule has 11 rings (SSSR count). The number of para-hydroxylation sites is 3. The van der Waals surface area contributed by atoms with Gasteiger partial charge in [0.2, 0.25) is 0 Å². The molecular formula is C63H53N2O+. The van der Waals surface area contributed by atoms with E-state index in [1.807, 2.05) is 0 Å². The van der Waals surface area contributed by atoms with Crippen LogP contribution in [0, 0.1) is 6.92 Å². The molecule has 2 heterocycles. The molecule has 0 saturated carbocycles. The van der Waals surface area contributed by atoms with Gasteiger partial charge in [-0.25, -0.2) is 4.57 Å². The van der Waals surface area contributed by atoms with Gasteiger partial charge in [0.1, 0.15) is 16.8 Å². The molecule has 0 fully saturated rings. The summed E-state index contributed by atoms with van der Waals surface area (Å²) in [7, 11) is 2.20. The van der Waals surface area contributed by atoms with Crippen molar-refractivity contribution >= 4 is 33.0 Å². The van der Waals surface area contributed by atoms with Crippen LogP contribution < -0.4 is 4.57 Å². The molecule has 0 aliphatic rings. The molecule has 320 valence electrons. The first kappa shape index (κ1) is 41.0. The minimum atomic E-state index is 0.264. The fraction of sp³-hybridized carbons (Fsp3) is 0.127. The van der Waals surface area contributed by atoms with Crippen molar-refractivity contribution in [2.24, 2.45) is 7.05 Å². The Morgan fingerprint density at radius 1 is 0.424 bits per heavy atom. The Balaban J connectivity index is 0.926. The van der Waals surface area contributed by atoms with E-state index >= 15 is 0 Å². The lowest BCUT2D eigenvalue weighted by molar-refractivity contribution is -0.633. The number of imidazole rings is 1. The molecule has 0 unspecified atom stereocenters. The first-order valence-electron chi connectivity index (χ1n) is 23.3. The van der Waals surface area contributed by atoms with Crippen molar-refractivity contribution in [3.05, 3.63) is 217 Å². The van der Waals surface area contributed by atoms with Crippen LogP contribution in [0.5, 0.6) is 0 Å². The fourth-order valence-electron chi connectivity index (χ4n) is 10.0. The summed E-state index contributed by atoms with van der Waals surface area (Å²) >= 11 is 0. The summed E-state index contributed by atoms with van der Waals surface area (Å²) in [5.74, 6) is 1.65. The largest absolute Gasteiger partial charge is 0.455 e. The molecule has 0 saturated heterocycles. The van der Waals surface area contributed by atoms with Crippen molar-refractivity contribution in [2.75, 3.05) is 0 Å². The third-order valence-electron chi connectivity index (χ3n) is 13.6. The number of fused-ring (bicyclic) bond motifs is 4. The minimum absolute atomic E-state index is 0.264. The minimum Gasteiger partial charge on any atom is -0.455 e. The molecule has 66 heavy (non-hydrogen) atoms. The van der Waals surface area contributed by atoms with E-state index in [2.05, 4.69) is 251 Å². The second-order valence-electron chi connectivity index (χ2n) is 18.4. The average molecular weight is 854 g/mol. The molecule has 0 bridgehead atoms. The zero-order valence-electron chi connectivity index (χ0n) is 38.5. The van der Waals surface area contributed by atoms with Crippen LogP contribution in [-0.2, 0) is 7.05 Å². The van der Waals surface area contributed by atoms with E-state index in [1.54, 1.807) is 0 Å². The summed E-state index contributed by atoms with van der Waals surface area (Å²) in [6.45, 7) is 11.5. The Bertz CT molecular complexity index is 3520. The molecule has 0 aliphatic carbocycles. The predicted molar refractivity (Wildman–Crippen MR) is 277 cm³/mol. The van der Waals surface area contributed by atoms with Crippen molar-refractivity contribution in [3.63, 3.8) is 0 Å². The molecule has 2 aromatic heterocycles. The van der Waals surface area contributed by atoms with Crippen LogP contribution >= 0.6 is 0 Å². The maximum absolute atomic E-state index is 6.76. The van der Waals surface area contributed by atoms with Gasteiger partial charge in [0.05, 0.1) is 7.05 Å². The standard InChI is InChI=1S/C63H53N2O/c1-40(2)55-38-52(51-35-33-50(34-36-51)49-31-29-48(30-32-49)47-27-25-46(26-28-47)45-23-21-44(22-24-45)43-14-8-7-9-15-43)39-56(41(3)4)61(55)65-58-18-12-11-17-57(58)64(6)63(65)60-42(5)20-37-54-53-16-10-13-19-59(53)66-62(54)60/h7-41H,1-6H3/q+1. The maximum atomic E-state index is 6.76. The highest BCUT2D eigenvalue weighted by atomic mass is 16.3. The third kappa shape index (κ3) is 7.12. The number of hydrogen-bond donors (Lipinski definition) is 0. The van der Waals surface area contributed by atoms with E-state index in [1.165, 1.54) is 89.0 Å². The van der Waals surface area contributed by atoms with E-state index in [4.69, 9.17) is 4.42 Å². The predicted octanol–water partition coefficient (Wildman–Crippen LogP) is 16.9. The zero-order chi connectivity index (χ0) is 45.1. The summed E-state index contributed by atoms with van der Waals surface area (Å²) in [6.07, 6.45) is 0. The summed E-state index contributed by atoms with van der Waals surface area (Å²) in [6, 6.07) is 72.9. The first-order chi connectivity index (χ1) is 32.2. The maximum Gasteiger partial charge on any atom is 0.299 e. The second kappa shape index (κ2) is 16.7. The number of aromatic nitrogens is 2. The molecule has 11 aromatic rings. The highest BCUT2D eigenvalue weighted by Gasteiger charge is 2.34. The number of nitrogens with zero attached hydrogens (tertiary/aromatic N) is 2. The van der Waals surface area contributed by atoms with Gasteiger partial charge in [-0.15, -0.1) is 0 Å². The van der Waals surface area contributed by atoms with Gasteiger partial charge in [-0.05, 0) is 110 Å². The Morgan fingerprint density at radius 2 is 0.848 bits per heavy atom. The lowest BCUT2D eigenvalue weighted by atomic mass is 9.87. The molecule has 3 nitrogen and oxygen atoms in total. The fourth-order valence-corrected chi connectivity index (χ4v) is 10.0. The van der Waals surface area contributed by atoms with Gasteiger partial charge in [-0.3, -0.25) is 0 Å². The third-order valence-corrected chi connectivity index (χ3v) is 13.6. The van der Waals surface area contributed by atoms with Crippen LogP contribution in [0.1, 0.15) is 56.2 Å². The molecular weight excluding hydrogens is 801 g/mol. The number of benzene rings is 9. The van der Waals surface area contributed by atoms with Crippen LogP contribution in [0.3, 0.4) is 0 Å². The Labute approximate surface area is 387 Å². The SMILES string of the molecule is Cc1ccc2c(oc3ccccc32)c1-c1n(-c2c(C(C)C)cc(-c3ccc(-c4ccc(-c5ccc(-c6ccc(-c7ccccc7)cc6)cc5)cc4)cc3)cc2C(C)C)c2ccccc2[n+]1C. The van der Waals surface area contributed by atoms with Crippen molar-refractivity contribution in [3.8, 4) is 72.7 Å². The number of aryl methyl sites for hydroxylation is 2. The summed E-state index contributed by atoms with van der Waals surface area (Å²) in [5, 5.41) is 2.28.